The van der Waals surface area contributed by atoms with E-state index in [4.69, 9.17) is 10.2 Å². The number of benzene rings is 1. The van der Waals surface area contributed by atoms with Crippen LogP contribution in [0.3, 0.4) is 0 Å². The van der Waals surface area contributed by atoms with E-state index in [1.165, 1.54) is 0 Å². The van der Waals surface area contributed by atoms with Crippen LogP contribution in [-0.4, -0.2) is 4.98 Å². The van der Waals surface area contributed by atoms with Gasteiger partial charge in [0, 0.05) is 17.0 Å². The van der Waals surface area contributed by atoms with E-state index < -0.39 is 0 Å². The van der Waals surface area contributed by atoms with Crippen molar-refractivity contribution in [2.45, 2.75) is 13.0 Å². The molecule has 0 saturated heterocycles. The van der Waals surface area contributed by atoms with Crippen LogP contribution in [0.4, 0.5) is 0 Å². The van der Waals surface area contributed by atoms with Gasteiger partial charge in [-0.1, -0.05) is 18.2 Å². The molecule has 3 aromatic rings. The monoisotopic (exact) mass is 244 g/mol. The van der Waals surface area contributed by atoms with Crippen molar-refractivity contribution < 1.29 is 4.42 Å². The van der Waals surface area contributed by atoms with E-state index in [0.717, 1.165) is 27.3 Å². The smallest absolute Gasteiger partial charge is 0.137 e. The molecule has 4 heteroatoms. The SMILES string of the molecule is Cc1cccc2cc(C(N)c3nccs3)oc12. The summed E-state index contributed by atoms with van der Waals surface area (Å²) in [6.45, 7) is 2.03. The number of furan rings is 1. The Bertz CT molecular complexity index is 643. The molecule has 17 heavy (non-hydrogen) atoms. The third-order valence-corrected chi connectivity index (χ3v) is 3.64. The topological polar surface area (TPSA) is 52.0 Å². The number of para-hydroxylation sites is 1. The van der Waals surface area contributed by atoms with Crippen LogP contribution in [-0.2, 0) is 0 Å². The molecule has 3 nitrogen and oxygen atoms in total. The summed E-state index contributed by atoms with van der Waals surface area (Å²) in [5.41, 5.74) is 8.17. The van der Waals surface area contributed by atoms with Gasteiger partial charge in [-0.25, -0.2) is 4.98 Å². The fraction of sp³-hybridized carbons (Fsp3) is 0.154. The Balaban J connectivity index is 2.10. The lowest BCUT2D eigenvalue weighted by Crippen LogP contribution is -2.10. The molecule has 1 atom stereocenters. The van der Waals surface area contributed by atoms with Crippen LogP contribution < -0.4 is 5.73 Å². The first kappa shape index (κ1) is 10.5. The molecule has 0 bridgehead atoms. The minimum atomic E-state index is -0.276. The Morgan fingerprint density at radius 3 is 3.00 bits per heavy atom. The second-order valence-corrected chi connectivity index (χ2v) is 4.92. The zero-order chi connectivity index (χ0) is 11.8. The predicted molar refractivity (Wildman–Crippen MR) is 69.1 cm³/mol. The average molecular weight is 244 g/mol. The zero-order valence-corrected chi connectivity index (χ0v) is 10.2. The number of rotatable bonds is 2. The Labute approximate surface area is 103 Å². The number of fused-ring (bicyclic) bond motifs is 1. The summed E-state index contributed by atoms with van der Waals surface area (Å²) in [6, 6.07) is 7.80. The summed E-state index contributed by atoms with van der Waals surface area (Å²) in [5, 5.41) is 3.89. The van der Waals surface area contributed by atoms with Crippen LogP contribution in [0.25, 0.3) is 11.0 Å². The van der Waals surface area contributed by atoms with Crippen molar-refractivity contribution in [1.82, 2.24) is 4.98 Å². The maximum atomic E-state index is 6.13. The molecule has 0 spiro atoms. The quantitative estimate of drug-likeness (QED) is 0.752. The Morgan fingerprint density at radius 2 is 2.29 bits per heavy atom. The predicted octanol–water partition coefficient (Wildman–Crippen LogP) is 3.25. The van der Waals surface area contributed by atoms with Crippen molar-refractivity contribution >= 4 is 22.3 Å². The van der Waals surface area contributed by atoms with Gasteiger partial charge < -0.3 is 10.2 Å². The molecule has 0 radical (unpaired) electrons. The maximum Gasteiger partial charge on any atom is 0.137 e. The van der Waals surface area contributed by atoms with Crippen molar-refractivity contribution in [2.75, 3.05) is 0 Å². The Hall–Kier alpha value is -1.65. The molecule has 2 aromatic heterocycles. The summed E-state index contributed by atoms with van der Waals surface area (Å²) in [5.74, 6) is 0.768. The third kappa shape index (κ3) is 1.75. The van der Waals surface area contributed by atoms with E-state index in [0.29, 0.717) is 0 Å². The molecule has 0 aliphatic carbocycles. The van der Waals surface area contributed by atoms with Crippen LogP contribution in [0, 0.1) is 6.92 Å². The molecule has 1 aromatic carbocycles. The number of nitrogens with zero attached hydrogens (tertiary/aromatic N) is 1. The normalized spacial score (nSPS) is 13.1. The van der Waals surface area contributed by atoms with Gasteiger partial charge in [0.2, 0.25) is 0 Å². The van der Waals surface area contributed by atoms with E-state index in [9.17, 15) is 0 Å². The first-order valence-corrected chi connectivity index (χ1v) is 6.27. The first-order valence-electron chi connectivity index (χ1n) is 5.40. The lowest BCUT2D eigenvalue weighted by Gasteiger charge is -2.03. The molecular weight excluding hydrogens is 232 g/mol. The van der Waals surface area contributed by atoms with Gasteiger partial charge in [-0.3, -0.25) is 0 Å². The van der Waals surface area contributed by atoms with Crippen molar-refractivity contribution in [2.24, 2.45) is 5.73 Å². The molecule has 3 rings (SSSR count). The molecule has 0 aliphatic heterocycles. The van der Waals surface area contributed by atoms with Gasteiger partial charge in [-0.15, -0.1) is 11.3 Å². The van der Waals surface area contributed by atoms with E-state index in [-0.39, 0.29) is 6.04 Å². The van der Waals surface area contributed by atoms with Crippen LogP contribution in [0.2, 0.25) is 0 Å². The highest BCUT2D eigenvalue weighted by Crippen LogP contribution is 2.29. The molecule has 0 aliphatic rings. The fourth-order valence-corrected chi connectivity index (χ4v) is 2.54. The van der Waals surface area contributed by atoms with Gasteiger partial charge in [0.05, 0.1) is 0 Å². The lowest BCUT2D eigenvalue weighted by atomic mass is 10.1. The number of nitrogens with two attached hydrogens (primary N) is 1. The lowest BCUT2D eigenvalue weighted by molar-refractivity contribution is 0.523. The van der Waals surface area contributed by atoms with Gasteiger partial charge in [0.25, 0.3) is 0 Å². The minimum Gasteiger partial charge on any atom is -0.459 e. The van der Waals surface area contributed by atoms with Crippen molar-refractivity contribution in [3.05, 3.63) is 52.2 Å². The van der Waals surface area contributed by atoms with E-state index in [2.05, 4.69) is 4.98 Å². The highest BCUT2D eigenvalue weighted by atomic mass is 32.1. The van der Waals surface area contributed by atoms with Crippen LogP contribution in [0.15, 0.2) is 40.3 Å². The number of aryl methyl sites for hydroxylation is 1. The van der Waals surface area contributed by atoms with Gasteiger partial charge in [0.1, 0.15) is 22.4 Å². The van der Waals surface area contributed by atoms with Gasteiger partial charge in [-0.2, -0.15) is 0 Å². The number of thiazole rings is 1. The summed E-state index contributed by atoms with van der Waals surface area (Å²) in [7, 11) is 0. The number of hydrogen-bond donors (Lipinski definition) is 1. The van der Waals surface area contributed by atoms with Crippen LogP contribution >= 0.6 is 11.3 Å². The average Bonchev–Trinajstić information content (AvgIpc) is 2.98. The van der Waals surface area contributed by atoms with Crippen LogP contribution in [0.1, 0.15) is 22.4 Å². The summed E-state index contributed by atoms with van der Waals surface area (Å²) < 4.78 is 5.83. The molecule has 2 heterocycles. The van der Waals surface area contributed by atoms with Gasteiger partial charge in [0.15, 0.2) is 0 Å². The fourth-order valence-electron chi connectivity index (χ4n) is 1.89. The van der Waals surface area contributed by atoms with Crippen LogP contribution in [0.5, 0.6) is 0 Å². The highest BCUT2D eigenvalue weighted by molar-refractivity contribution is 7.09. The maximum absolute atomic E-state index is 6.13. The van der Waals surface area contributed by atoms with E-state index in [1.807, 2.05) is 36.6 Å². The summed E-state index contributed by atoms with van der Waals surface area (Å²) in [4.78, 5) is 4.22. The first-order chi connectivity index (χ1) is 8.25. The molecule has 1 unspecified atom stereocenters. The largest absolute Gasteiger partial charge is 0.459 e. The summed E-state index contributed by atoms with van der Waals surface area (Å²) in [6.07, 6.45) is 1.76. The van der Waals surface area contributed by atoms with Crippen molar-refractivity contribution in [3.8, 4) is 0 Å². The second kappa shape index (κ2) is 3.98. The molecule has 2 N–H and O–H groups in total. The highest BCUT2D eigenvalue weighted by Gasteiger charge is 2.16. The number of hydrogen-bond acceptors (Lipinski definition) is 4. The molecule has 0 saturated carbocycles. The zero-order valence-electron chi connectivity index (χ0n) is 9.38. The number of aromatic nitrogens is 1. The van der Waals surface area contributed by atoms with Crippen molar-refractivity contribution in [1.29, 1.82) is 0 Å². The van der Waals surface area contributed by atoms with Gasteiger partial charge >= 0.3 is 0 Å². The second-order valence-electron chi connectivity index (χ2n) is 3.99. The van der Waals surface area contributed by atoms with Gasteiger partial charge in [-0.05, 0) is 18.6 Å². The minimum absolute atomic E-state index is 0.276. The molecular formula is C13H12N2OS. The Morgan fingerprint density at radius 1 is 1.41 bits per heavy atom. The van der Waals surface area contributed by atoms with Crippen molar-refractivity contribution in [3.63, 3.8) is 0 Å². The Kier molecular flexibility index (Phi) is 2.46. The van der Waals surface area contributed by atoms with E-state index >= 15 is 0 Å². The molecule has 0 fully saturated rings. The third-order valence-electron chi connectivity index (χ3n) is 2.78. The molecule has 0 amide bonds. The van der Waals surface area contributed by atoms with E-state index in [1.54, 1.807) is 17.5 Å². The molecule has 86 valence electrons. The standard InChI is InChI=1S/C13H12N2OS/c1-8-3-2-4-9-7-10(16-12(8)9)11(14)13-15-5-6-17-13/h2-7,11H,14H2,1H3. The summed E-state index contributed by atoms with van der Waals surface area (Å²) >= 11 is 1.54.